The molecular formula is C32H39N9O3S. The Morgan fingerprint density at radius 1 is 1.22 bits per heavy atom. The lowest BCUT2D eigenvalue weighted by atomic mass is 9.63. The van der Waals surface area contributed by atoms with Crippen LogP contribution in [0.2, 0.25) is 0 Å². The highest BCUT2D eigenvalue weighted by Crippen LogP contribution is 2.55. The molecule has 4 atom stereocenters. The first-order chi connectivity index (χ1) is 21.6. The third-order valence-electron chi connectivity index (χ3n) is 10.3. The van der Waals surface area contributed by atoms with Gasteiger partial charge in [-0.3, -0.25) is 0 Å². The number of piperidine rings is 1. The quantitative estimate of drug-likeness (QED) is 0.334. The molecule has 0 aromatic carbocycles. The Kier molecular flexibility index (Phi) is 6.47. The van der Waals surface area contributed by atoms with Crippen molar-refractivity contribution in [3.8, 4) is 23.5 Å². The maximum absolute atomic E-state index is 11.2. The Bertz CT molecular complexity index is 1860. The predicted octanol–water partition coefficient (Wildman–Crippen LogP) is 4.19. The fourth-order valence-electron chi connectivity index (χ4n) is 8.34. The topological polar surface area (TPSA) is 155 Å². The van der Waals surface area contributed by atoms with Crippen LogP contribution >= 0.6 is 11.3 Å². The van der Waals surface area contributed by atoms with E-state index >= 15 is 0 Å². The van der Waals surface area contributed by atoms with E-state index in [1.807, 2.05) is 25.7 Å². The van der Waals surface area contributed by atoms with E-state index < -0.39 is 11.0 Å². The summed E-state index contributed by atoms with van der Waals surface area (Å²) in [4.78, 5) is 15.9. The van der Waals surface area contributed by atoms with Gasteiger partial charge in [-0.1, -0.05) is 5.16 Å². The molecule has 8 rings (SSSR count). The minimum absolute atomic E-state index is 0.0127. The van der Waals surface area contributed by atoms with Gasteiger partial charge in [0, 0.05) is 23.5 Å². The largest absolute Gasteiger partial charge is 0.474 e. The summed E-state index contributed by atoms with van der Waals surface area (Å²) in [5, 5.41) is 32.3. The molecule has 4 aromatic heterocycles. The Balaban J connectivity index is 1.33. The third kappa shape index (κ3) is 4.29. The van der Waals surface area contributed by atoms with Crippen LogP contribution in [-0.2, 0) is 18.3 Å². The average Bonchev–Trinajstić information content (AvgIpc) is 3.66. The number of thiophene rings is 1. The average molecular weight is 630 g/mol. The van der Waals surface area contributed by atoms with Crippen LogP contribution in [0.4, 0.5) is 10.8 Å². The number of nitriles is 1. The molecule has 0 bridgehead atoms. The molecule has 4 aromatic rings. The van der Waals surface area contributed by atoms with Crippen molar-refractivity contribution in [1.29, 1.82) is 5.26 Å². The Morgan fingerprint density at radius 2 is 2.02 bits per heavy atom. The molecule has 1 spiro atoms. The smallest absolute Gasteiger partial charge is 0.246 e. The Morgan fingerprint density at radius 3 is 2.80 bits per heavy atom. The lowest BCUT2D eigenvalue weighted by Crippen LogP contribution is -2.53. The van der Waals surface area contributed by atoms with E-state index in [0.717, 1.165) is 79.6 Å². The number of fused-ring (bicyclic) bond motifs is 6. The normalized spacial score (nSPS) is 26.2. The first kappa shape index (κ1) is 28.7. The van der Waals surface area contributed by atoms with E-state index in [9.17, 15) is 10.4 Å². The van der Waals surface area contributed by atoms with Crippen molar-refractivity contribution in [2.75, 3.05) is 44.4 Å². The van der Waals surface area contributed by atoms with Crippen LogP contribution in [-0.4, -0.2) is 80.3 Å². The van der Waals surface area contributed by atoms with Crippen LogP contribution in [0.3, 0.4) is 0 Å². The van der Waals surface area contributed by atoms with Crippen molar-refractivity contribution in [2.45, 2.75) is 88.3 Å². The Labute approximate surface area is 265 Å². The minimum Gasteiger partial charge on any atom is -0.474 e. The van der Waals surface area contributed by atoms with E-state index in [1.165, 1.54) is 4.88 Å². The minimum atomic E-state index is -0.856. The number of hydrogen-bond donors (Lipinski definition) is 2. The lowest BCUT2D eigenvalue weighted by molar-refractivity contribution is 0.0321. The Hall–Kier alpha value is -3.73. The van der Waals surface area contributed by atoms with Gasteiger partial charge in [-0.15, -0.1) is 16.4 Å². The summed E-state index contributed by atoms with van der Waals surface area (Å²) in [6.07, 6.45) is 6.89. The monoisotopic (exact) mass is 629 g/mol. The highest BCUT2D eigenvalue weighted by Gasteiger charge is 2.49. The van der Waals surface area contributed by atoms with Crippen LogP contribution in [0.25, 0.3) is 22.6 Å². The summed E-state index contributed by atoms with van der Waals surface area (Å²) in [7, 11) is 4.09. The number of rotatable bonds is 4. The van der Waals surface area contributed by atoms with E-state index in [4.69, 9.17) is 35.2 Å². The van der Waals surface area contributed by atoms with Crippen LogP contribution in [0.5, 0.6) is 5.88 Å². The first-order valence-corrected chi connectivity index (χ1v) is 16.8. The highest BCUT2D eigenvalue weighted by molar-refractivity contribution is 7.16. The molecule has 1 fully saturated rings. The maximum Gasteiger partial charge on any atom is 0.246 e. The van der Waals surface area contributed by atoms with Gasteiger partial charge in [0.2, 0.25) is 5.88 Å². The molecule has 236 valence electrons. The molecular weight excluding hydrogens is 590 g/mol. The van der Waals surface area contributed by atoms with Crippen LogP contribution in [0, 0.1) is 11.3 Å². The van der Waals surface area contributed by atoms with E-state index in [0.29, 0.717) is 53.2 Å². The molecule has 2 aliphatic heterocycles. The van der Waals surface area contributed by atoms with Crippen LogP contribution in [0.15, 0.2) is 4.52 Å². The second-order valence-corrected chi connectivity index (χ2v) is 15.1. The second kappa shape index (κ2) is 10.1. The zero-order valence-corrected chi connectivity index (χ0v) is 27.1. The van der Waals surface area contributed by atoms with Gasteiger partial charge >= 0.3 is 0 Å². The van der Waals surface area contributed by atoms with Gasteiger partial charge in [-0.2, -0.15) is 5.26 Å². The number of aromatic nitrogens is 5. The van der Waals surface area contributed by atoms with Crippen molar-refractivity contribution in [2.24, 2.45) is 0 Å². The number of likely N-dealkylation sites (N-methyl/N-ethyl adjacent to an activating group) is 1. The number of nitrogen functional groups attached to an aromatic ring is 1. The number of hydrogen-bond acceptors (Lipinski definition) is 12. The standard InChI is InChI=1S/C32H39N9O3S/c1-17(14-39(3)4)41-29-22-28(40-16-31(2,42)12-9-18(40)15-43-30(22)37-41)35-27(36-29)24-19-7-5-10-32(25(19)44-38-24)11-6-8-21-23(32)20(13-33)26(34)45-21/h17-18,42H,5-12,14-16,34H2,1-4H3/t17-,18+,31+,32-/m0/s1. The zero-order chi connectivity index (χ0) is 31.2. The summed E-state index contributed by atoms with van der Waals surface area (Å²) in [6, 6.07) is 2.47. The van der Waals surface area contributed by atoms with Crippen LogP contribution < -0.4 is 15.4 Å². The summed E-state index contributed by atoms with van der Waals surface area (Å²) in [6.45, 7) is 5.67. The van der Waals surface area contributed by atoms with Gasteiger partial charge in [0.25, 0.3) is 0 Å². The van der Waals surface area contributed by atoms with Gasteiger partial charge < -0.3 is 29.9 Å². The zero-order valence-electron chi connectivity index (χ0n) is 26.3. The number of nitrogens with two attached hydrogens (primary N) is 1. The molecule has 4 aliphatic rings. The highest BCUT2D eigenvalue weighted by atomic mass is 32.1. The summed E-state index contributed by atoms with van der Waals surface area (Å²) >= 11 is 1.54. The molecule has 6 heterocycles. The molecule has 2 aliphatic carbocycles. The molecule has 0 unspecified atom stereocenters. The molecule has 13 heteroatoms. The van der Waals surface area contributed by atoms with E-state index in [1.54, 1.807) is 11.3 Å². The van der Waals surface area contributed by atoms with E-state index in [2.05, 4.69) is 22.8 Å². The predicted molar refractivity (Wildman–Crippen MR) is 171 cm³/mol. The molecule has 3 N–H and O–H groups in total. The summed E-state index contributed by atoms with van der Waals surface area (Å²) in [5.41, 5.74) is 9.05. The third-order valence-corrected chi connectivity index (χ3v) is 11.3. The van der Waals surface area contributed by atoms with Gasteiger partial charge in [0.15, 0.2) is 22.9 Å². The van der Waals surface area contributed by atoms with Gasteiger partial charge in [0.05, 0.1) is 28.7 Å². The molecule has 0 saturated carbocycles. The lowest BCUT2D eigenvalue weighted by Gasteiger charge is -2.42. The first-order valence-electron chi connectivity index (χ1n) is 16.0. The maximum atomic E-state index is 11.2. The number of aliphatic hydroxyl groups is 1. The molecule has 12 nitrogen and oxygen atoms in total. The van der Waals surface area contributed by atoms with Crippen molar-refractivity contribution in [3.05, 3.63) is 27.3 Å². The SMILES string of the molecule is C[C@@H](CN(C)C)n1nc2c3c(nc(-c4noc5c4CCC[C@@]54CCCc5sc(N)c(C#N)c54)nc31)N1C[C@](C)(O)CC[C@@H]1CO2. The number of anilines is 2. The number of nitrogens with zero attached hydrogens (tertiary/aromatic N) is 8. The molecule has 0 amide bonds. The van der Waals surface area contributed by atoms with Crippen molar-refractivity contribution >= 4 is 33.2 Å². The fraction of sp³-hybridized carbons (Fsp3) is 0.594. The van der Waals surface area contributed by atoms with Gasteiger partial charge in [-0.25, -0.2) is 14.6 Å². The van der Waals surface area contributed by atoms with Gasteiger partial charge in [0.1, 0.15) is 28.9 Å². The van der Waals surface area contributed by atoms with Crippen LogP contribution in [0.1, 0.15) is 85.7 Å². The van der Waals surface area contributed by atoms with Crippen molar-refractivity contribution < 1.29 is 14.4 Å². The van der Waals surface area contributed by atoms with E-state index in [-0.39, 0.29) is 12.1 Å². The number of aryl methyl sites for hydroxylation is 1. The fourth-order valence-corrected chi connectivity index (χ4v) is 9.50. The summed E-state index contributed by atoms with van der Waals surface area (Å²) in [5.74, 6) is 2.55. The van der Waals surface area contributed by atoms with Crippen molar-refractivity contribution in [3.63, 3.8) is 0 Å². The second-order valence-electron chi connectivity index (χ2n) is 13.9. The molecule has 1 saturated heterocycles. The molecule has 0 radical (unpaired) electrons. The van der Waals surface area contributed by atoms with Crippen molar-refractivity contribution in [1.82, 2.24) is 29.8 Å². The number of ether oxygens (including phenoxy) is 1. The molecule has 45 heavy (non-hydrogen) atoms. The van der Waals surface area contributed by atoms with Gasteiger partial charge in [-0.05, 0) is 84.9 Å². The summed E-state index contributed by atoms with van der Waals surface area (Å²) < 4.78 is 14.6.